The fraction of sp³-hybridized carbons (Fsp3) is 0.286. The average molecular weight is 382 g/mol. The second-order valence-electron chi connectivity index (χ2n) is 6.94. The lowest BCUT2D eigenvalue weighted by atomic mass is 10.0. The number of nitrogens with zero attached hydrogens (tertiary/aromatic N) is 2. The lowest BCUT2D eigenvalue weighted by Gasteiger charge is -2.15. The van der Waals surface area contributed by atoms with Crippen molar-refractivity contribution in [3.63, 3.8) is 0 Å². The van der Waals surface area contributed by atoms with E-state index in [9.17, 15) is 8.42 Å². The number of aromatic nitrogens is 2. The molecule has 1 aromatic heterocycles. The maximum Gasteiger partial charge on any atom is 0.240 e. The molecule has 0 radical (unpaired) electrons. The number of hydrogen-bond donors (Lipinski definition) is 1. The summed E-state index contributed by atoms with van der Waals surface area (Å²) in [6, 6.07) is 17.0. The van der Waals surface area contributed by atoms with Crippen molar-refractivity contribution in [3.05, 3.63) is 77.4 Å². The molecule has 5 nitrogen and oxygen atoms in total. The average Bonchev–Trinajstić information content (AvgIpc) is 3.06. The van der Waals surface area contributed by atoms with Crippen LogP contribution in [0.5, 0.6) is 0 Å². The van der Waals surface area contributed by atoms with Crippen molar-refractivity contribution < 1.29 is 8.42 Å². The van der Waals surface area contributed by atoms with Crippen molar-refractivity contribution in [3.8, 4) is 5.69 Å². The molecule has 1 N–H and O–H groups in total. The van der Waals surface area contributed by atoms with Crippen LogP contribution in [0.4, 0.5) is 0 Å². The second kappa shape index (κ2) is 7.29. The Morgan fingerprint density at radius 1 is 1.04 bits per heavy atom. The van der Waals surface area contributed by atoms with Gasteiger partial charge in [0.1, 0.15) is 5.82 Å². The minimum Gasteiger partial charge on any atom is -0.299 e. The van der Waals surface area contributed by atoms with Gasteiger partial charge in [0.2, 0.25) is 10.0 Å². The molecule has 0 aliphatic heterocycles. The van der Waals surface area contributed by atoms with E-state index >= 15 is 0 Å². The minimum atomic E-state index is -3.58. The van der Waals surface area contributed by atoms with Crippen LogP contribution in [0.1, 0.15) is 35.6 Å². The topological polar surface area (TPSA) is 64.0 Å². The number of hydrogen-bond acceptors (Lipinski definition) is 3. The fourth-order valence-electron chi connectivity index (χ4n) is 3.62. The van der Waals surface area contributed by atoms with Crippen LogP contribution >= 0.6 is 0 Å². The van der Waals surface area contributed by atoms with E-state index in [1.165, 1.54) is 5.69 Å². The highest BCUT2D eigenvalue weighted by atomic mass is 32.2. The van der Waals surface area contributed by atoms with Gasteiger partial charge in [0.05, 0.1) is 17.1 Å². The SMILES string of the molecule is Cc1cccc(S(=O)(=O)NCc2nc3c(n2-c2ccccc2)CCCC3)c1. The molecule has 0 unspecified atom stereocenters. The number of imidazole rings is 1. The summed E-state index contributed by atoms with van der Waals surface area (Å²) < 4.78 is 30.2. The summed E-state index contributed by atoms with van der Waals surface area (Å²) in [6.45, 7) is 2.05. The third-order valence-corrected chi connectivity index (χ3v) is 6.34. The van der Waals surface area contributed by atoms with Crippen LogP contribution in [-0.4, -0.2) is 18.0 Å². The molecule has 4 rings (SSSR count). The van der Waals surface area contributed by atoms with Crippen molar-refractivity contribution in [2.24, 2.45) is 0 Å². The van der Waals surface area contributed by atoms with Crippen molar-refractivity contribution in [1.29, 1.82) is 0 Å². The minimum absolute atomic E-state index is 0.165. The second-order valence-corrected chi connectivity index (χ2v) is 8.71. The smallest absolute Gasteiger partial charge is 0.240 e. The van der Waals surface area contributed by atoms with Crippen molar-refractivity contribution in [1.82, 2.24) is 14.3 Å². The highest BCUT2D eigenvalue weighted by molar-refractivity contribution is 7.89. The van der Waals surface area contributed by atoms with Crippen LogP contribution in [0.15, 0.2) is 59.5 Å². The summed E-state index contributed by atoms with van der Waals surface area (Å²) in [6.07, 6.45) is 4.20. The molecule has 140 valence electrons. The predicted molar refractivity (Wildman–Crippen MR) is 105 cm³/mol. The Bertz CT molecular complexity index is 1060. The molecule has 0 amide bonds. The molecule has 1 heterocycles. The monoisotopic (exact) mass is 381 g/mol. The Morgan fingerprint density at radius 3 is 2.59 bits per heavy atom. The van der Waals surface area contributed by atoms with Gasteiger partial charge in [-0.25, -0.2) is 18.1 Å². The molecular formula is C21H23N3O2S. The zero-order valence-electron chi connectivity index (χ0n) is 15.4. The standard InChI is InChI=1S/C21H23N3O2S/c1-16-8-7-11-18(14-16)27(25,26)22-15-21-23-19-12-5-6-13-20(19)24(21)17-9-3-2-4-10-17/h2-4,7-11,14,22H,5-6,12-13,15H2,1H3. The molecule has 0 spiro atoms. The molecule has 27 heavy (non-hydrogen) atoms. The van der Waals surface area contributed by atoms with Gasteiger partial charge in [-0.2, -0.15) is 0 Å². The third-order valence-electron chi connectivity index (χ3n) is 4.94. The van der Waals surface area contributed by atoms with Gasteiger partial charge in [0.25, 0.3) is 0 Å². The first-order valence-electron chi connectivity index (χ1n) is 9.26. The van der Waals surface area contributed by atoms with Crippen LogP contribution in [0.3, 0.4) is 0 Å². The summed E-state index contributed by atoms with van der Waals surface area (Å²) in [5.74, 6) is 0.740. The molecule has 0 bridgehead atoms. The van der Waals surface area contributed by atoms with Gasteiger partial charge in [-0.15, -0.1) is 0 Å². The molecule has 1 aliphatic rings. The quantitative estimate of drug-likeness (QED) is 0.735. The highest BCUT2D eigenvalue weighted by Gasteiger charge is 2.22. The Kier molecular flexibility index (Phi) is 4.85. The molecule has 3 aromatic rings. The number of rotatable bonds is 5. The fourth-order valence-corrected chi connectivity index (χ4v) is 4.71. The van der Waals surface area contributed by atoms with Gasteiger partial charge in [-0.3, -0.25) is 4.57 Å². The number of nitrogens with one attached hydrogen (secondary N) is 1. The molecule has 0 saturated carbocycles. The Labute approximate surface area is 160 Å². The first-order chi connectivity index (χ1) is 13.0. The van der Waals surface area contributed by atoms with Crippen LogP contribution in [-0.2, 0) is 29.4 Å². The zero-order valence-corrected chi connectivity index (χ0v) is 16.2. The Morgan fingerprint density at radius 2 is 1.81 bits per heavy atom. The maximum atomic E-state index is 12.7. The molecule has 0 saturated heterocycles. The molecular weight excluding hydrogens is 358 g/mol. The maximum absolute atomic E-state index is 12.7. The summed E-state index contributed by atoms with van der Waals surface area (Å²) in [4.78, 5) is 5.06. The van der Waals surface area contributed by atoms with E-state index in [1.54, 1.807) is 18.2 Å². The van der Waals surface area contributed by atoms with Crippen molar-refractivity contribution in [2.45, 2.75) is 44.0 Å². The van der Waals surface area contributed by atoms with Crippen LogP contribution in [0.2, 0.25) is 0 Å². The zero-order chi connectivity index (χ0) is 18.9. The normalized spacial score (nSPS) is 14.1. The van der Waals surface area contributed by atoms with E-state index in [0.29, 0.717) is 0 Å². The molecule has 0 fully saturated rings. The first-order valence-corrected chi connectivity index (χ1v) is 10.7. The van der Waals surface area contributed by atoms with Gasteiger partial charge in [-0.05, 0) is 62.4 Å². The van der Waals surface area contributed by atoms with Crippen LogP contribution in [0.25, 0.3) is 5.69 Å². The van der Waals surface area contributed by atoms with Crippen molar-refractivity contribution in [2.75, 3.05) is 0 Å². The van der Waals surface area contributed by atoms with E-state index in [2.05, 4.69) is 9.29 Å². The Hall–Kier alpha value is -2.44. The van der Waals surface area contributed by atoms with Crippen molar-refractivity contribution >= 4 is 10.0 Å². The first kappa shape index (κ1) is 17.9. The number of benzene rings is 2. The van der Waals surface area contributed by atoms with Gasteiger partial charge in [0, 0.05) is 11.4 Å². The van der Waals surface area contributed by atoms with Crippen LogP contribution in [0, 0.1) is 6.92 Å². The number of fused-ring (bicyclic) bond motifs is 1. The van der Waals surface area contributed by atoms with E-state index in [0.717, 1.165) is 48.5 Å². The molecule has 1 aliphatic carbocycles. The summed E-state index contributed by atoms with van der Waals surface area (Å²) >= 11 is 0. The van der Waals surface area contributed by atoms with Gasteiger partial charge >= 0.3 is 0 Å². The van der Waals surface area contributed by atoms with Gasteiger partial charge in [-0.1, -0.05) is 30.3 Å². The predicted octanol–water partition coefficient (Wildman–Crippen LogP) is 3.54. The van der Waals surface area contributed by atoms with Gasteiger partial charge < -0.3 is 0 Å². The number of sulfonamides is 1. The third kappa shape index (κ3) is 3.68. The van der Waals surface area contributed by atoms with E-state index in [4.69, 9.17) is 4.98 Å². The number of aryl methyl sites for hydroxylation is 2. The Balaban J connectivity index is 1.67. The van der Waals surface area contributed by atoms with E-state index < -0.39 is 10.0 Å². The van der Waals surface area contributed by atoms with Crippen LogP contribution < -0.4 is 4.72 Å². The molecule has 0 atom stereocenters. The highest BCUT2D eigenvalue weighted by Crippen LogP contribution is 2.26. The largest absolute Gasteiger partial charge is 0.299 e. The molecule has 2 aromatic carbocycles. The van der Waals surface area contributed by atoms with E-state index in [-0.39, 0.29) is 11.4 Å². The van der Waals surface area contributed by atoms with E-state index in [1.807, 2.05) is 43.3 Å². The summed E-state index contributed by atoms with van der Waals surface area (Å²) in [5, 5.41) is 0. The van der Waals surface area contributed by atoms with Gasteiger partial charge in [0.15, 0.2) is 0 Å². The molecule has 6 heteroatoms. The lowest BCUT2D eigenvalue weighted by molar-refractivity contribution is 0.578. The summed E-state index contributed by atoms with van der Waals surface area (Å²) in [7, 11) is -3.58. The lowest BCUT2D eigenvalue weighted by Crippen LogP contribution is -2.25. The summed E-state index contributed by atoms with van der Waals surface area (Å²) in [5.41, 5.74) is 4.24. The number of para-hydroxylation sites is 1.